The first-order chi connectivity index (χ1) is 14.3. The molecule has 146 valence electrons. The normalized spacial score (nSPS) is 14.8. The van der Waals surface area contributed by atoms with Crippen LogP contribution in [0.4, 0.5) is 11.5 Å². The zero-order chi connectivity index (χ0) is 19.6. The first-order valence-corrected chi connectivity index (χ1v) is 9.90. The van der Waals surface area contributed by atoms with Crippen LogP contribution in [0.15, 0.2) is 61.3 Å². The van der Waals surface area contributed by atoms with Crippen LogP contribution >= 0.6 is 0 Å². The topological polar surface area (TPSA) is 66.1 Å². The maximum atomic E-state index is 5.59. The number of aromatic nitrogens is 3. The standard InChI is InChI=1S/C23H23N5O/c1-16(28-11-4-13-29-14-12-28)19-6-2-5-17-15-18(8-9-20(17)19)25-23-22-21(26-27-23)7-3-10-24-22/h2-3,5-10,15H,1,4,11-14H2,(H2,25,26,27). The summed E-state index contributed by atoms with van der Waals surface area (Å²) in [6.45, 7) is 7.83. The van der Waals surface area contributed by atoms with Crippen LogP contribution in [0, 0.1) is 0 Å². The molecule has 1 aliphatic heterocycles. The van der Waals surface area contributed by atoms with Crippen molar-refractivity contribution in [2.45, 2.75) is 6.42 Å². The second-order valence-electron chi connectivity index (χ2n) is 7.24. The molecule has 1 saturated heterocycles. The second kappa shape index (κ2) is 7.56. The van der Waals surface area contributed by atoms with Crippen LogP contribution in [0.1, 0.15) is 12.0 Å². The van der Waals surface area contributed by atoms with Crippen molar-refractivity contribution in [2.24, 2.45) is 0 Å². The van der Waals surface area contributed by atoms with Gasteiger partial charge in [-0.15, -0.1) is 0 Å². The Balaban J connectivity index is 1.46. The minimum atomic E-state index is 0.727. The molecule has 0 unspecified atom stereocenters. The van der Waals surface area contributed by atoms with Crippen LogP contribution in [0.3, 0.4) is 0 Å². The predicted molar refractivity (Wildman–Crippen MR) is 117 cm³/mol. The van der Waals surface area contributed by atoms with Gasteiger partial charge in [-0.25, -0.2) is 0 Å². The molecule has 0 atom stereocenters. The second-order valence-corrected chi connectivity index (χ2v) is 7.24. The molecule has 0 bridgehead atoms. The van der Waals surface area contributed by atoms with Crippen molar-refractivity contribution in [3.63, 3.8) is 0 Å². The summed E-state index contributed by atoms with van der Waals surface area (Å²) < 4.78 is 5.59. The molecule has 1 aliphatic rings. The minimum Gasteiger partial charge on any atom is -0.380 e. The van der Waals surface area contributed by atoms with Crippen LogP contribution in [-0.4, -0.2) is 46.4 Å². The first-order valence-electron chi connectivity index (χ1n) is 9.90. The molecular formula is C23H23N5O. The molecule has 0 spiro atoms. The van der Waals surface area contributed by atoms with Gasteiger partial charge in [-0.2, -0.15) is 5.10 Å². The summed E-state index contributed by atoms with van der Waals surface area (Å²) >= 11 is 0. The van der Waals surface area contributed by atoms with E-state index in [1.165, 1.54) is 10.9 Å². The van der Waals surface area contributed by atoms with Gasteiger partial charge in [0.25, 0.3) is 0 Å². The molecule has 5 rings (SSSR count). The average molecular weight is 385 g/mol. The highest BCUT2D eigenvalue weighted by atomic mass is 16.5. The first kappa shape index (κ1) is 17.7. The number of aromatic amines is 1. The monoisotopic (exact) mass is 385 g/mol. The SMILES string of the molecule is C=C(c1cccc2cc(Nc3n[nH]c4cccnc34)ccc12)N1CCCOCC1. The molecule has 0 aliphatic carbocycles. The summed E-state index contributed by atoms with van der Waals surface area (Å²) in [7, 11) is 0. The van der Waals surface area contributed by atoms with E-state index in [0.29, 0.717) is 0 Å². The van der Waals surface area contributed by atoms with Gasteiger partial charge < -0.3 is 15.0 Å². The molecular weight excluding hydrogens is 362 g/mol. The molecule has 6 nitrogen and oxygen atoms in total. The van der Waals surface area contributed by atoms with Crippen molar-refractivity contribution in [2.75, 3.05) is 31.6 Å². The van der Waals surface area contributed by atoms with Gasteiger partial charge in [0.2, 0.25) is 0 Å². The van der Waals surface area contributed by atoms with Gasteiger partial charge >= 0.3 is 0 Å². The number of anilines is 2. The minimum absolute atomic E-state index is 0.727. The van der Waals surface area contributed by atoms with E-state index in [0.717, 1.165) is 66.3 Å². The van der Waals surface area contributed by atoms with Crippen LogP contribution < -0.4 is 5.32 Å². The van der Waals surface area contributed by atoms with Crippen molar-refractivity contribution >= 4 is 39.0 Å². The van der Waals surface area contributed by atoms with Crippen LogP contribution in [0.25, 0.3) is 27.5 Å². The molecule has 29 heavy (non-hydrogen) atoms. The molecule has 1 fully saturated rings. The summed E-state index contributed by atoms with van der Waals surface area (Å²) in [5.74, 6) is 0.727. The third-order valence-electron chi connectivity index (χ3n) is 5.38. The number of hydrogen-bond acceptors (Lipinski definition) is 5. The van der Waals surface area contributed by atoms with Gasteiger partial charge in [-0.3, -0.25) is 10.1 Å². The number of ether oxygens (including phenoxy) is 1. The van der Waals surface area contributed by atoms with E-state index in [9.17, 15) is 0 Å². The molecule has 3 heterocycles. The number of hydrogen-bond donors (Lipinski definition) is 2. The Morgan fingerprint density at radius 2 is 2.07 bits per heavy atom. The lowest BCUT2D eigenvalue weighted by Crippen LogP contribution is -2.24. The Labute approximate surface area is 169 Å². The lowest BCUT2D eigenvalue weighted by atomic mass is 10.0. The maximum Gasteiger partial charge on any atom is 0.178 e. The average Bonchev–Trinajstić information content (AvgIpc) is 2.97. The summed E-state index contributed by atoms with van der Waals surface area (Å²) in [6.07, 6.45) is 2.80. The summed E-state index contributed by atoms with van der Waals surface area (Å²) in [4.78, 5) is 6.74. The quantitative estimate of drug-likeness (QED) is 0.540. The smallest absolute Gasteiger partial charge is 0.178 e. The summed E-state index contributed by atoms with van der Waals surface area (Å²) in [5.41, 5.74) is 4.95. The van der Waals surface area contributed by atoms with Crippen molar-refractivity contribution in [3.05, 3.63) is 66.9 Å². The van der Waals surface area contributed by atoms with E-state index in [1.54, 1.807) is 6.20 Å². The fraction of sp³-hybridized carbons (Fsp3) is 0.217. The zero-order valence-electron chi connectivity index (χ0n) is 16.2. The molecule has 0 radical (unpaired) electrons. The lowest BCUT2D eigenvalue weighted by Gasteiger charge is -2.25. The molecule has 0 amide bonds. The van der Waals surface area contributed by atoms with Crippen molar-refractivity contribution in [1.82, 2.24) is 20.1 Å². The van der Waals surface area contributed by atoms with E-state index in [2.05, 4.69) is 68.4 Å². The fourth-order valence-electron chi connectivity index (χ4n) is 3.88. The summed E-state index contributed by atoms with van der Waals surface area (Å²) in [6, 6.07) is 16.6. The summed E-state index contributed by atoms with van der Waals surface area (Å²) in [5, 5.41) is 13.1. The Bertz CT molecular complexity index is 1170. The Kier molecular flexibility index (Phi) is 4.62. The third kappa shape index (κ3) is 3.43. The number of fused-ring (bicyclic) bond motifs is 2. The third-order valence-corrected chi connectivity index (χ3v) is 5.38. The largest absolute Gasteiger partial charge is 0.380 e. The highest BCUT2D eigenvalue weighted by Crippen LogP contribution is 2.30. The lowest BCUT2D eigenvalue weighted by molar-refractivity contribution is 0.147. The number of benzene rings is 2. The van der Waals surface area contributed by atoms with Gasteiger partial charge in [0, 0.05) is 42.8 Å². The van der Waals surface area contributed by atoms with Gasteiger partial charge in [0.15, 0.2) is 5.82 Å². The number of nitrogens with one attached hydrogen (secondary N) is 2. The number of pyridine rings is 1. The Hall–Kier alpha value is -3.38. The number of nitrogens with zero attached hydrogens (tertiary/aromatic N) is 3. The predicted octanol–water partition coefficient (Wildman–Crippen LogP) is 4.55. The highest BCUT2D eigenvalue weighted by Gasteiger charge is 2.15. The molecule has 6 heteroatoms. The zero-order valence-corrected chi connectivity index (χ0v) is 16.2. The van der Waals surface area contributed by atoms with Crippen LogP contribution in [0.5, 0.6) is 0 Å². The van der Waals surface area contributed by atoms with Gasteiger partial charge in [0.05, 0.1) is 12.1 Å². The molecule has 0 saturated carbocycles. The van der Waals surface area contributed by atoms with Gasteiger partial charge in [-0.05, 0) is 41.5 Å². The fourth-order valence-corrected chi connectivity index (χ4v) is 3.88. The van der Waals surface area contributed by atoms with E-state index >= 15 is 0 Å². The number of rotatable bonds is 4. The van der Waals surface area contributed by atoms with Crippen molar-refractivity contribution in [3.8, 4) is 0 Å². The Morgan fingerprint density at radius 3 is 3.03 bits per heavy atom. The molecule has 4 aromatic rings. The molecule has 2 N–H and O–H groups in total. The van der Waals surface area contributed by atoms with Gasteiger partial charge in [0.1, 0.15) is 5.52 Å². The van der Waals surface area contributed by atoms with Crippen molar-refractivity contribution in [1.29, 1.82) is 0 Å². The van der Waals surface area contributed by atoms with E-state index in [-0.39, 0.29) is 0 Å². The van der Waals surface area contributed by atoms with Crippen LogP contribution in [0.2, 0.25) is 0 Å². The number of H-pyrrole nitrogens is 1. The molecule has 2 aromatic heterocycles. The van der Waals surface area contributed by atoms with Crippen molar-refractivity contribution < 1.29 is 4.74 Å². The molecule has 2 aromatic carbocycles. The van der Waals surface area contributed by atoms with E-state index < -0.39 is 0 Å². The Morgan fingerprint density at radius 1 is 1.10 bits per heavy atom. The van der Waals surface area contributed by atoms with Crippen LogP contribution in [-0.2, 0) is 4.74 Å². The van der Waals surface area contributed by atoms with Gasteiger partial charge in [-0.1, -0.05) is 30.8 Å². The van der Waals surface area contributed by atoms with E-state index in [4.69, 9.17) is 4.74 Å². The highest BCUT2D eigenvalue weighted by molar-refractivity contribution is 5.96. The van der Waals surface area contributed by atoms with E-state index in [1.807, 2.05) is 12.1 Å². The maximum absolute atomic E-state index is 5.59.